The van der Waals surface area contributed by atoms with Gasteiger partial charge in [0, 0.05) is 49.6 Å². The maximum Gasteiger partial charge on any atom is 0.161 e. The van der Waals surface area contributed by atoms with Gasteiger partial charge in [0.05, 0.1) is 25.5 Å². The SMILES string of the molecule is CCNNc1ccc(-c2nc3c(c(N4CCCOCC4)n2)CCN(OCc2ccccc2)C3)cc1. The number of hydrogen-bond donors (Lipinski definition) is 2. The summed E-state index contributed by atoms with van der Waals surface area (Å²) in [7, 11) is 0. The van der Waals surface area contributed by atoms with Crippen LogP contribution in [0.5, 0.6) is 0 Å². The third-order valence-corrected chi connectivity index (χ3v) is 6.34. The average molecular weight is 475 g/mol. The molecule has 0 saturated carbocycles. The van der Waals surface area contributed by atoms with Crippen molar-refractivity contribution in [3.8, 4) is 11.4 Å². The van der Waals surface area contributed by atoms with Crippen LogP contribution in [0.2, 0.25) is 0 Å². The molecule has 5 rings (SSSR count). The van der Waals surface area contributed by atoms with E-state index in [1.165, 1.54) is 5.56 Å². The summed E-state index contributed by atoms with van der Waals surface area (Å²) in [5.41, 5.74) is 11.8. The molecule has 3 heterocycles. The van der Waals surface area contributed by atoms with E-state index in [1.54, 1.807) is 0 Å². The number of ether oxygens (including phenoxy) is 1. The number of benzene rings is 2. The zero-order valence-corrected chi connectivity index (χ0v) is 20.4. The highest BCUT2D eigenvalue weighted by molar-refractivity contribution is 5.63. The zero-order chi connectivity index (χ0) is 23.9. The van der Waals surface area contributed by atoms with Gasteiger partial charge >= 0.3 is 0 Å². The second-order valence-electron chi connectivity index (χ2n) is 8.85. The number of rotatable bonds is 8. The number of aromatic nitrogens is 2. The second-order valence-corrected chi connectivity index (χ2v) is 8.85. The molecule has 1 saturated heterocycles. The van der Waals surface area contributed by atoms with Crippen LogP contribution in [0.3, 0.4) is 0 Å². The number of hydrazine groups is 1. The maximum atomic E-state index is 6.15. The predicted octanol–water partition coefficient (Wildman–Crippen LogP) is 3.80. The van der Waals surface area contributed by atoms with E-state index in [9.17, 15) is 0 Å². The Morgan fingerprint density at radius 2 is 1.83 bits per heavy atom. The summed E-state index contributed by atoms with van der Waals surface area (Å²) in [6.45, 7) is 8.27. The van der Waals surface area contributed by atoms with Gasteiger partial charge in [-0.2, -0.15) is 5.06 Å². The Labute approximate surface area is 207 Å². The highest BCUT2D eigenvalue weighted by atomic mass is 16.7. The van der Waals surface area contributed by atoms with Crippen molar-refractivity contribution >= 4 is 11.5 Å². The molecule has 2 aliphatic heterocycles. The van der Waals surface area contributed by atoms with Crippen LogP contribution in [0.25, 0.3) is 11.4 Å². The van der Waals surface area contributed by atoms with Crippen LogP contribution in [0, 0.1) is 0 Å². The highest BCUT2D eigenvalue weighted by Crippen LogP contribution is 2.30. The zero-order valence-electron chi connectivity index (χ0n) is 20.4. The van der Waals surface area contributed by atoms with Gasteiger partial charge in [0.2, 0.25) is 0 Å². The summed E-state index contributed by atoms with van der Waals surface area (Å²) in [4.78, 5) is 18.7. The summed E-state index contributed by atoms with van der Waals surface area (Å²) < 4.78 is 5.72. The molecular formula is C27H34N6O2. The molecule has 0 spiro atoms. The van der Waals surface area contributed by atoms with E-state index in [-0.39, 0.29) is 0 Å². The molecule has 3 aromatic rings. The molecular weight excluding hydrogens is 440 g/mol. The third-order valence-electron chi connectivity index (χ3n) is 6.34. The fourth-order valence-corrected chi connectivity index (χ4v) is 4.48. The first kappa shape index (κ1) is 23.7. The monoisotopic (exact) mass is 474 g/mol. The van der Waals surface area contributed by atoms with E-state index in [2.05, 4.69) is 59.1 Å². The van der Waals surface area contributed by atoms with Crippen LogP contribution in [-0.4, -0.2) is 54.4 Å². The van der Waals surface area contributed by atoms with Crippen LogP contribution in [0.1, 0.15) is 30.2 Å². The van der Waals surface area contributed by atoms with Crippen molar-refractivity contribution in [1.29, 1.82) is 0 Å². The number of hydroxylamine groups is 2. The van der Waals surface area contributed by atoms with E-state index in [0.717, 1.165) is 86.4 Å². The first-order valence-corrected chi connectivity index (χ1v) is 12.5. The quantitative estimate of drug-likeness (QED) is 0.478. The minimum absolute atomic E-state index is 0.560. The minimum atomic E-state index is 0.560. The molecule has 1 aromatic heterocycles. The van der Waals surface area contributed by atoms with Crippen molar-refractivity contribution in [2.24, 2.45) is 0 Å². The largest absolute Gasteiger partial charge is 0.380 e. The van der Waals surface area contributed by atoms with Crippen LogP contribution in [0.4, 0.5) is 11.5 Å². The first-order chi connectivity index (χ1) is 17.3. The van der Waals surface area contributed by atoms with E-state index in [1.807, 2.05) is 23.3 Å². The lowest BCUT2D eigenvalue weighted by molar-refractivity contribution is -0.180. The highest BCUT2D eigenvalue weighted by Gasteiger charge is 2.26. The molecule has 2 N–H and O–H groups in total. The van der Waals surface area contributed by atoms with E-state index >= 15 is 0 Å². The number of nitrogens with zero attached hydrogens (tertiary/aromatic N) is 4. The molecule has 35 heavy (non-hydrogen) atoms. The lowest BCUT2D eigenvalue weighted by Gasteiger charge is -2.31. The molecule has 0 aliphatic carbocycles. The molecule has 0 unspecified atom stereocenters. The molecule has 0 amide bonds. The van der Waals surface area contributed by atoms with E-state index < -0.39 is 0 Å². The van der Waals surface area contributed by atoms with Gasteiger partial charge in [-0.1, -0.05) is 37.3 Å². The standard InChI is InChI=1S/C27H34N6O2/c1-2-28-31-23-11-9-22(10-12-23)26-29-25-19-33(35-20-21-7-4-3-5-8-21)15-13-24(25)27(30-26)32-14-6-17-34-18-16-32/h3-5,7-12,28,31H,2,6,13-20H2,1H3. The van der Waals surface area contributed by atoms with Gasteiger partial charge in [0.15, 0.2) is 5.82 Å². The Bertz CT molecular complexity index is 1080. The fourth-order valence-electron chi connectivity index (χ4n) is 4.48. The fraction of sp³-hybridized carbons (Fsp3) is 0.407. The Balaban J connectivity index is 1.41. The summed E-state index contributed by atoms with van der Waals surface area (Å²) in [6, 6.07) is 18.5. The lowest BCUT2D eigenvalue weighted by Crippen LogP contribution is -2.35. The van der Waals surface area contributed by atoms with Gasteiger partial charge < -0.3 is 15.1 Å². The van der Waals surface area contributed by atoms with Gasteiger partial charge in [-0.15, -0.1) is 0 Å². The van der Waals surface area contributed by atoms with Crippen molar-refractivity contribution in [1.82, 2.24) is 20.5 Å². The minimum Gasteiger partial charge on any atom is -0.380 e. The summed E-state index contributed by atoms with van der Waals surface area (Å²) in [6.07, 6.45) is 1.87. The van der Waals surface area contributed by atoms with Crippen molar-refractivity contribution in [2.75, 3.05) is 49.7 Å². The van der Waals surface area contributed by atoms with Gasteiger partial charge in [0.1, 0.15) is 5.82 Å². The van der Waals surface area contributed by atoms with Crippen LogP contribution >= 0.6 is 0 Å². The molecule has 8 heteroatoms. The summed E-state index contributed by atoms with van der Waals surface area (Å²) >= 11 is 0. The van der Waals surface area contributed by atoms with E-state index in [4.69, 9.17) is 19.5 Å². The second kappa shape index (κ2) is 11.6. The van der Waals surface area contributed by atoms with Crippen molar-refractivity contribution in [3.63, 3.8) is 0 Å². The summed E-state index contributed by atoms with van der Waals surface area (Å²) in [5, 5.41) is 2.03. The van der Waals surface area contributed by atoms with Crippen molar-refractivity contribution < 1.29 is 9.57 Å². The topological polar surface area (TPSA) is 74.8 Å². The van der Waals surface area contributed by atoms with Crippen LogP contribution in [-0.2, 0) is 29.1 Å². The average Bonchev–Trinajstić information content (AvgIpc) is 3.20. The number of hydrogen-bond acceptors (Lipinski definition) is 8. The van der Waals surface area contributed by atoms with Gasteiger partial charge in [-0.25, -0.2) is 15.4 Å². The van der Waals surface area contributed by atoms with E-state index in [0.29, 0.717) is 13.2 Å². The molecule has 2 aromatic carbocycles. The molecule has 1 fully saturated rings. The first-order valence-electron chi connectivity index (χ1n) is 12.5. The Morgan fingerprint density at radius 1 is 0.971 bits per heavy atom. The molecule has 0 bridgehead atoms. The van der Waals surface area contributed by atoms with Crippen molar-refractivity contribution in [2.45, 2.75) is 32.9 Å². The van der Waals surface area contributed by atoms with Gasteiger partial charge in [-0.3, -0.25) is 4.84 Å². The van der Waals surface area contributed by atoms with Crippen LogP contribution in [0.15, 0.2) is 54.6 Å². The van der Waals surface area contributed by atoms with Crippen LogP contribution < -0.4 is 15.8 Å². The number of anilines is 2. The molecule has 184 valence electrons. The predicted molar refractivity (Wildman–Crippen MR) is 138 cm³/mol. The number of nitrogens with one attached hydrogen (secondary N) is 2. The van der Waals surface area contributed by atoms with Gasteiger partial charge in [-0.05, 0) is 42.7 Å². The molecule has 8 nitrogen and oxygen atoms in total. The van der Waals surface area contributed by atoms with Crippen molar-refractivity contribution in [3.05, 3.63) is 71.4 Å². The smallest absolute Gasteiger partial charge is 0.161 e. The Morgan fingerprint density at radius 3 is 2.66 bits per heavy atom. The Hall–Kier alpha value is -3.04. The normalized spacial score (nSPS) is 16.5. The number of fused-ring (bicyclic) bond motifs is 1. The lowest BCUT2D eigenvalue weighted by atomic mass is 10.0. The summed E-state index contributed by atoms with van der Waals surface area (Å²) in [5.74, 6) is 1.80. The Kier molecular flexibility index (Phi) is 7.85. The molecule has 0 atom stereocenters. The molecule has 2 aliphatic rings. The molecule has 0 radical (unpaired) electrons. The third kappa shape index (κ3) is 5.97. The van der Waals surface area contributed by atoms with Gasteiger partial charge in [0.25, 0.3) is 0 Å². The maximum absolute atomic E-state index is 6.15.